The predicted octanol–water partition coefficient (Wildman–Crippen LogP) is 0.918. The van der Waals surface area contributed by atoms with E-state index in [9.17, 15) is 4.79 Å². The molecule has 0 saturated carbocycles. The number of aryl methyl sites for hydroxylation is 2. The predicted molar refractivity (Wildman–Crippen MR) is 86.2 cm³/mol. The maximum atomic E-state index is 11.9. The van der Waals surface area contributed by atoms with Crippen molar-refractivity contribution >= 4 is 30.7 Å². The number of carbonyl (C=O) groups excluding carboxylic acids is 1. The summed E-state index contributed by atoms with van der Waals surface area (Å²) in [7, 11) is 0. The SMILES string of the molecule is Cc1cc(C)n(CC2CN(C(=O)[C@@H](C)N)CCO2)n1.Cl.Cl. The summed E-state index contributed by atoms with van der Waals surface area (Å²) in [5.74, 6) is -0.0123. The van der Waals surface area contributed by atoms with E-state index < -0.39 is 6.04 Å². The molecule has 2 heterocycles. The zero-order valence-corrected chi connectivity index (χ0v) is 14.2. The molecule has 0 aliphatic carbocycles. The van der Waals surface area contributed by atoms with Crippen LogP contribution < -0.4 is 5.73 Å². The summed E-state index contributed by atoms with van der Waals surface area (Å²) < 4.78 is 7.64. The number of carbonyl (C=O) groups is 1. The molecule has 1 aromatic rings. The minimum Gasteiger partial charge on any atom is -0.373 e. The quantitative estimate of drug-likeness (QED) is 0.889. The van der Waals surface area contributed by atoms with Crippen molar-refractivity contribution in [3.63, 3.8) is 0 Å². The van der Waals surface area contributed by atoms with Crippen molar-refractivity contribution in [3.05, 3.63) is 17.5 Å². The fraction of sp³-hybridized carbons (Fsp3) is 0.692. The van der Waals surface area contributed by atoms with Gasteiger partial charge in [0, 0.05) is 18.8 Å². The van der Waals surface area contributed by atoms with Crippen LogP contribution in [0.1, 0.15) is 18.3 Å². The number of nitrogens with two attached hydrogens (primary N) is 1. The van der Waals surface area contributed by atoms with Gasteiger partial charge >= 0.3 is 0 Å². The highest BCUT2D eigenvalue weighted by Crippen LogP contribution is 2.10. The molecule has 0 spiro atoms. The summed E-state index contributed by atoms with van der Waals surface area (Å²) >= 11 is 0. The third-order valence-electron chi connectivity index (χ3n) is 3.32. The molecule has 122 valence electrons. The van der Waals surface area contributed by atoms with Crippen molar-refractivity contribution in [2.45, 2.75) is 39.5 Å². The number of hydrogen-bond acceptors (Lipinski definition) is 4. The van der Waals surface area contributed by atoms with Gasteiger partial charge in [0.2, 0.25) is 5.91 Å². The van der Waals surface area contributed by atoms with Gasteiger partial charge in [0.1, 0.15) is 0 Å². The maximum Gasteiger partial charge on any atom is 0.239 e. The number of aromatic nitrogens is 2. The second-order valence-electron chi connectivity index (χ2n) is 5.17. The number of morpholine rings is 1. The Balaban J connectivity index is 0.00000200. The fourth-order valence-corrected chi connectivity index (χ4v) is 2.37. The summed E-state index contributed by atoms with van der Waals surface area (Å²) in [6.45, 7) is 8.14. The highest BCUT2D eigenvalue weighted by molar-refractivity contribution is 5.85. The largest absolute Gasteiger partial charge is 0.373 e. The van der Waals surface area contributed by atoms with E-state index in [2.05, 4.69) is 5.10 Å². The Morgan fingerprint density at radius 1 is 1.52 bits per heavy atom. The lowest BCUT2D eigenvalue weighted by Crippen LogP contribution is -2.51. The number of rotatable bonds is 3. The molecular weight excluding hydrogens is 315 g/mol. The molecule has 1 aromatic heterocycles. The second-order valence-corrected chi connectivity index (χ2v) is 5.17. The van der Waals surface area contributed by atoms with Crippen molar-refractivity contribution < 1.29 is 9.53 Å². The third-order valence-corrected chi connectivity index (χ3v) is 3.32. The smallest absolute Gasteiger partial charge is 0.239 e. The average molecular weight is 339 g/mol. The van der Waals surface area contributed by atoms with Crippen LogP contribution >= 0.6 is 24.8 Å². The Morgan fingerprint density at radius 3 is 2.71 bits per heavy atom. The van der Waals surface area contributed by atoms with Crippen LogP contribution in [0.3, 0.4) is 0 Å². The molecule has 8 heteroatoms. The molecule has 1 saturated heterocycles. The zero-order chi connectivity index (χ0) is 14.0. The first-order valence-electron chi connectivity index (χ1n) is 6.64. The number of halogens is 2. The van der Waals surface area contributed by atoms with Crippen LogP contribution in [0.2, 0.25) is 0 Å². The van der Waals surface area contributed by atoms with Gasteiger partial charge in [0.15, 0.2) is 0 Å². The van der Waals surface area contributed by atoms with E-state index in [1.165, 1.54) is 0 Å². The molecule has 1 aliphatic rings. The van der Waals surface area contributed by atoms with Crippen LogP contribution in [-0.2, 0) is 16.1 Å². The number of hydrogen-bond donors (Lipinski definition) is 1. The van der Waals surface area contributed by atoms with Crippen molar-refractivity contribution in [1.29, 1.82) is 0 Å². The first kappa shape index (κ1) is 20.2. The van der Waals surface area contributed by atoms with Crippen molar-refractivity contribution in [3.8, 4) is 0 Å². The van der Waals surface area contributed by atoms with Gasteiger partial charge in [-0.25, -0.2) is 0 Å². The lowest BCUT2D eigenvalue weighted by molar-refractivity contribution is -0.140. The lowest BCUT2D eigenvalue weighted by Gasteiger charge is -2.34. The molecule has 6 nitrogen and oxygen atoms in total. The molecule has 2 rings (SSSR count). The number of amides is 1. The van der Waals surface area contributed by atoms with Crippen molar-refractivity contribution in [2.75, 3.05) is 19.7 Å². The van der Waals surface area contributed by atoms with Crippen molar-refractivity contribution in [2.24, 2.45) is 5.73 Å². The molecule has 1 unspecified atom stereocenters. The third kappa shape index (κ3) is 5.14. The fourth-order valence-electron chi connectivity index (χ4n) is 2.37. The van der Waals surface area contributed by atoms with Gasteiger partial charge < -0.3 is 15.4 Å². The second kappa shape index (κ2) is 8.58. The van der Waals surface area contributed by atoms with Crippen LogP contribution in [0.25, 0.3) is 0 Å². The average Bonchev–Trinajstić information content (AvgIpc) is 2.67. The van der Waals surface area contributed by atoms with Gasteiger partial charge in [-0.1, -0.05) is 0 Å². The van der Waals surface area contributed by atoms with E-state index in [-0.39, 0.29) is 36.8 Å². The van der Waals surface area contributed by atoms with E-state index in [1.807, 2.05) is 24.6 Å². The van der Waals surface area contributed by atoms with Crippen LogP contribution in [-0.4, -0.2) is 52.4 Å². The zero-order valence-electron chi connectivity index (χ0n) is 12.6. The Kier molecular flexibility index (Phi) is 8.25. The first-order valence-corrected chi connectivity index (χ1v) is 6.64. The molecule has 0 aromatic carbocycles. The molecule has 0 bridgehead atoms. The van der Waals surface area contributed by atoms with Gasteiger partial charge in [-0.15, -0.1) is 24.8 Å². The van der Waals surface area contributed by atoms with Crippen molar-refractivity contribution in [1.82, 2.24) is 14.7 Å². The van der Waals surface area contributed by atoms with E-state index in [1.54, 1.807) is 11.8 Å². The number of ether oxygens (including phenoxy) is 1. The van der Waals surface area contributed by atoms with Crippen LogP contribution in [0.15, 0.2) is 6.07 Å². The summed E-state index contributed by atoms with van der Waals surface area (Å²) in [5.41, 5.74) is 7.75. The minimum atomic E-state index is -0.451. The molecule has 2 atom stereocenters. The van der Waals surface area contributed by atoms with Gasteiger partial charge in [0.25, 0.3) is 0 Å². The van der Waals surface area contributed by atoms with Crippen LogP contribution in [0.5, 0.6) is 0 Å². The van der Waals surface area contributed by atoms with E-state index in [0.717, 1.165) is 11.4 Å². The molecule has 0 radical (unpaired) electrons. The molecular formula is C13H24Cl2N4O2. The van der Waals surface area contributed by atoms with E-state index in [0.29, 0.717) is 26.2 Å². The highest BCUT2D eigenvalue weighted by Gasteiger charge is 2.26. The standard InChI is InChI=1S/C13H22N4O2.2ClH/c1-9-6-10(2)17(15-9)8-12-7-16(4-5-19-12)13(18)11(3)14;;/h6,11-12H,4-5,7-8,14H2,1-3H3;2*1H/t11-,12?;;/m1../s1. The Bertz CT molecular complexity index is 465. The molecule has 1 amide bonds. The van der Waals surface area contributed by atoms with Crippen LogP contribution in [0.4, 0.5) is 0 Å². The summed E-state index contributed by atoms with van der Waals surface area (Å²) in [6.07, 6.45) is -0.0190. The monoisotopic (exact) mass is 338 g/mol. The van der Waals surface area contributed by atoms with Crippen LogP contribution in [0, 0.1) is 13.8 Å². The minimum absolute atomic E-state index is 0. The normalized spacial score (nSPS) is 19.4. The molecule has 2 N–H and O–H groups in total. The van der Waals surface area contributed by atoms with Gasteiger partial charge in [-0.05, 0) is 26.8 Å². The first-order chi connectivity index (χ1) is 8.97. The summed E-state index contributed by atoms with van der Waals surface area (Å²) in [5, 5.41) is 4.42. The molecule has 1 fully saturated rings. The topological polar surface area (TPSA) is 73.4 Å². The van der Waals surface area contributed by atoms with E-state index >= 15 is 0 Å². The summed E-state index contributed by atoms with van der Waals surface area (Å²) in [6, 6.07) is 1.58. The van der Waals surface area contributed by atoms with Gasteiger partial charge in [-0.2, -0.15) is 5.10 Å². The Morgan fingerprint density at radius 2 is 2.19 bits per heavy atom. The molecule has 21 heavy (non-hydrogen) atoms. The Labute approximate surface area is 137 Å². The molecule has 1 aliphatic heterocycles. The van der Waals surface area contributed by atoms with Gasteiger partial charge in [0.05, 0.1) is 31.0 Å². The number of nitrogens with zero attached hydrogens (tertiary/aromatic N) is 3. The highest BCUT2D eigenvalue weighted by atomic mass is 35.5. The van der Waals surface area contributed by atoms with Gasteiger partial charge in [-0.3, -0.25) is 9.48 Å². The van der Waals surface area contributed by atoms with E-state index in [4.69, 9.17) is 10.5 Å². The Hall–Kier alpha value is -0.820. The lowest BCUT2D eigenvalue weighted by atomic mass is 10.2. The summed E-state index contributed by atoms with van der Waals surface area (Å²) in [4.78, 5) is 13.7. The maximum absolute atomic E-state index is 11.9.